The highest BCUT2D eigenvalue weighted by atomic mass is 16.6. The summed E-state index contributed by atoms with van der Waals surface area (Å²) in [6.07, 6.45) is 3.43. The maximum Gasteiger partial charge on any atom is 0.270 e. The third-order valence-corrected chi connectivity index (χ3v) is 7.28. The Labute approximate surface area is 208 Å². The van der Waals surface area contributed by atoms with E-state index < -0.39 is 28.3 Å². The van der Waals surface area contributed by atoms with Crippen LogP contribution in [0.5, 0.6) is 0 Å². The van der Waals surface area contributed by atoms with E-state index in [-0.39, 0.29) is 11.5 Å². The molecule has 176 valence electrons. The number of benzene rings is 3. The fraction of sp³-hybridized carbons (Fsp3) is 0.207. The van der Waals surface area contributed by atoms with E-state index >= 15 is 0 Å². The van der Waals surface area contributed by atoms with Gasteiger partial charge in [0.25, 0.3) is 5.69 Å². The van der Waals surface area contributed by atoms with Crippen molar-refractivity contribution in [1.29, 1.82) is 10.5 Å². The molecule has 0 bridgehead atoms. The molecule has 0 radical (unpaired) electrons. The Kier molecular flexibility index (Phi) is 5.42. The number of Topliss-reactive ketones (excluding diaryl/α,β-unsaturated/α-hetero) is 1. The van der Waals surface area contributed by atoms with Crippen LogP contribution < -0.4 is 4.90 Å². The van der Waals surface area contributed by atoms with Gasteiger partial charge in [-0.05, 0) is 31.0 Å². The van der Waals surface area contributed by atoms with E-state index in [2.05, 4.69) is 12.1 Å². The number of hydrogen-bond acceptors (Lipinski definition) is 6. The largest absolute Gasteiger partial charge is 0.351 e. The summed E-state index contributed by atoms with van der Waals surface area (Å²) in [5, 5.41) is 32.4. The summed E-state index contributed by atoms with van der Waals surface area (Å²) in [7, 11) is 0. The van der Waals surface area contributed by atoms with Crippen LogP contribution in [0.2, 0.25) is 0 Å². The molecule has 2 aliphatic rings. The van der Waals surface area contributed by atoms with Gasteiger partial charge in [-0.15, -0.1) is 0 Å². The number of carbonyl (C=O) groups is 1. The van der Waals surface area contributed by atoms with Crippen LogP contribution in [0.25, 0.3) is 6.08 Å². The zero-order valence-corrected chi connectivity index (χ0v) is 19.8. The first-order chi connectivity index (χ1) is 17.3. The van der Waals surface area contributed by atoms with Gasteiger partial charge in [0, 0.05) is 34.9 Å². The molecule has 3 atom stereocenters. The minimum absolute atomic E-state index is 0.0697. The molecule has 2 aliphatic heterocycles. The van der Waals surface area contributed by atoms with Crippen molar-refractivity contribution in [2.24, 2.45) is 5.41 Å². The maximum atomic E-state index is 14.3. The Morgan fingerprint density at radius 1 is 1.03 bits per heavy atom. The smallest absolute Gasteiger partial charge is 0.270 e. The number of ketones is 1. The average Bonchev–Trinajstić information content (AvgIpc) is 3.19. The third-order valence-electron chi connectivity index (χ3n) is 7.28. The number of nitro groups is 1. The minimum atomic E-state index is -1.56. The molecular weight excluding hydrogens is 452 g/mol. The van der Waals surface area contributed by atoms with E-state index in [1.165, 1.54) is 12.1 Å². The van der Waals surface area contributed by atoms with Crippen molar-refractivity contribution in [3.63, 3.8) is 0 Å². The lowest BCUT2D eigenvalue weighted by atomic mass is 9.69. The average molecular weight is 475 g/mol. The molecule has 1 saturated heterocycles. The molecule has 0 spiro atoms. The number of nitro benzene ring substituents is 1. The van der Waals surface area contributed by atoms with Crippen molar-refractivity contribution >= 4 is 23.2 Å². The number of hydrogen-bond donors (Lipinski definition) is 0. The molecule has 7 nitrogen and oxygen atoms in total. The highest BCUT2D eigenvalue weighted by molar-refractivity contribution is 6.05. The molecule has 1 fully saturated rings. The molecule has 0 amide bonds. The van der Waals surface area contributed by atoms with Gasteiger partial charge in [0.15, 0.2) is 11.2 Å². The summed E-state index contributed by atoms with van der Waals surface area (Å²) in [6, 6.07) is 22.2. The number of rotatable bonds is 4. The van der Waals surface area contributed by atoms with Crippen LogP contribution in [-0.4, -0.2) is 22.8 Å². The Morgan fingerprint density at radius 2 is 1.75 bits per heavy atom. The van der Waals surface area contributed by atoms with Crippen molar-refractivity contribution in [3.8, 4) is 12.1 Å². The summed E-state index contributed by atoms with van der Waals surface area (Å²) in [5.41, 5.74) is 2.60. The molecule has 0 aliphatic carbocycles. The van der Waals surface area contributed by atoms with Gasteiger partial charge >= 0.3 is 0 Å². The van der Waals surface area contributed by atoms with Crippen LogP contribution in [0.15, 0.2) is 72.8 Å². The summed E-state index contributed by atoms with van der Waals surface area (Å²) < 4.78 is 0. The minimum Gasteiger partial charge on any atom is -0.351 e. The van der Waals surface area contributed by atoms with Gasteiger partial charge in [0.2, 0.25) is 0 Å². The van der Waals surface area contributed by atoms with Gasteiger partial charge < -0.3 is 4.90 Å². The normalized spacial score (nSPS) is 21.1. The van der Waals surface area contributed by atoms with Gasteiger partial charge in [-0.25, -0.2) is 0 Å². The maximum absolute atomic E-state index is 14.3. The summed E-state index contributed by atoms with van der Waals surface area (Å²) >= 11 is 0. The topological polar surface area (TPSA) is 111 Å². The Bertz CT molecular complexity index is 1500. The van der Waals surface area contributed by atoms with Gasteiger partial charge in [-0.3, -0.25) is 14.9 Å². The quantitative estimate of drug-likeness (QED) is 0.281. The van der Waals surface area contributed by atoms with Crippen molar-refractivity contribution in [1.82, 2.24) is 0 Å². The summed E-state index contributed by atoms with van der Waals surface area (Å²) in [5.74, 6) is -0.948. The number of anilines is 1. The number of non-ortho nitro benzene ring substituents is 1. The van der Waals surface area contributed by atoms with Crippen LogP contribution in [-0.2, 0) is 0 Å². The third kappa shape index (κ3) is 3.29. The Hall–Kier alpha value is -4.75. The Morgan fingerprint density at radius 3 is 2.39 bits per heavy atom. The monoisotopic (exact) mass is 474 g/mol. The molecule has 0 saturated carbocycles. The number of aryl methyl sites for hydroxylation is 2. The first-order valence-electron chi connectivity index (χ1n) is 11.6. The van der Waals surface area contributed by atoms with Crippen molar-refractivity contribution in [2.75, 3.05) is 4.90 Å². The Balaban J connectivity index is 1.79. The molecule has 0 unspecified atom stereocenters. The zero-order chi connectivity index (χ0) is 25.6. The second kappa shape index (κ2) is 8.48. The highest BCUT2D eigenvalue weighted by Crippen LogP contribution is 2.55. The van der Waals surface area contributed by atoms with Gasteiger partial charge in [0.1, 0.15) is 6.04 Å². The van der Waals surface area contributed by atoms with Gasteiger partial charge in [-0.2, -0.15) is 10.5 Å². The number of fused-ring (bicyclic) bond motifs is 3. The van der Waals surface area contributed by atoms with E-state index in [4.69, 9.17) is 0 Å². The van der Waals surface area contributed by atoms with Crippen molar-refractivity contribution in [3.05, 3.63) is 111 Å². The first kappa shape index (κ1) is 23.0. The van der Waals surface area contributed by atoms with Crippen LogP contribution in [0.3, 0.4) is 0 Å². The van der Waals surface area contributed by atoms with Crippen LogP contribution in [0, 0.1) is 52.0 Å². The van der Waals surface area contributed by atoms with Gasteiger partial charge in [-0.1, -0.05) is 66.2 Å². The second-order valence-electron chi connectivity index (χ2n) is 9.32. The summed E-state index contributed by atoms with van der Waals surface area (Å²) in [4.78, 5) is 27.1. The molecule has 3 aromatic carbocycles. The SMILES string of the molecule is Cc1ccc(C(=O)[C@H]2[C@H](c3ccccc3)C(C#N)(C#N)[C@@H]3C=Cc4cc([N+](=O)[O-])ccc4N32)c(C)c1. The molecule has 5 rings (SSSR count). The lowest BCUT2D eigenvalue weighted by Crippen LogP contribution is -2.44. The van der Waals surface area contributed by atoms with E-state index in [9.17, 15) is 25.4 Å². The van der Waals surface area contributed by atoms with Crippen molar-refractivity contribution in [2.45, 2.75) is 31.8 Å². The molecule has 0 aromatic heterocycles. The van der Waals surface area contributed by atoms with Crippen LogP contribution in [0.1, 0.15) is 38.5 Å². The molecule has 0 N–H and O–H groups in total. The lowest BCUT2D eigenvalue weighted by molar-refractivity contribution is -0.384. The lowest BCUT2D eigenvalue weighted by Gasteiger charge is -2.35. The molecule has 3 aromatic rings. The molecule has 2 heterocycles. The van der Waals surface area contributed by atoms with E-state index in [1.54, 1.807) is 24.3 Å². The van der Waals surface area contributed by atoms with E-state index in [1.807, 2.05) is 61.2 Å². The zero-order valence-electron chi connectivity index (χ0n) is 19.8. The van der Waals surface area contributed by atoms with Crippen molar-refractivity contribution < 1.29 is 9.72 Å². The standard InChI is InChI=1S/C29H22N4O3/c1-18-8-11-23(19(2)14-18)28(34)27-26(20-6-4-3-5-7-20)29(16-30,17-31)25-13-9-21-15-22(33(35)36)10-12-24(21)32(25)27/h3-15,25-27H,1-2H3/t25-,26-,27+/m0/s1. The van der Waals surface area contributed by atoms with E-state index in [0.29, 0.717) is 16.8 Å². The number of nitrogens with zero attached hydrogens (tertiary/aromatic N) is 4. The van der Waals surface area contributed by atoms with E-state index in [0.717, 1.165) is 16.7 Å². The first-order valence-corrected chi connectivity index (χ1v) is 11.6. The molecule has 36 heavy (non-hydrogen) atoms. The van der Waals surface area contributed by atoms with Crippen LogP contribution >= 0.6 is 0 Å². The highest BCUT2D eigenvalue weighted by Gasteiger charge is 2.63. The molecule has 7 heteroatoms. The predicted molar refractivity (Wildman–Crippen MR) is 135 cm³/mol. The summed E-state index contributed by atoms with van der Waals surface area (Å²) in [6.45, 7) is 3.83. The number of nitriles is 2. The van der Waals surface area contributed by atoms with Crippen LogP contribution in [0.4, 0.5) is 11.4 Å². The fourth-order valence-corrected chi connectivity index (χ4v) is 5.68. The predicted octanol–water partition coefficient (Wildman–Crippen LogP) is 5.50. The fourth-order valence-electron chi connectivity index (χ4n) is 5.68. The van der Waals surface area contributed by atoms with Gasteiger partial charge in [0.05, 0.1) is 23.1 Å². The number of carbonyl (C=O) groups excluding carboxylic acids is 1. The second-order valence-corrected chi connectivity index (χ2v) is 9.32. The molecular formula is C29H22N4O3.